The molecule has 112 valence electrons. The van der Waals surface area contributed by atoms with E-state index >= 15 is 0 Å². The van der Waals surface area contributed by atoms with Crippen molar-refractivity contribution in [1.29, 1.82) is 0 Å². The number of nitrogens with one attached hydrogen (secondary N) is 1. The number of ether oxygens (including phenoxy) is 2. The summed E-state index contributed by atoms with van der Waals surface area (Å²) >= 11 is 3.46. The Morgan fingerprint density at radius 2 is 2.25 bits per heavy atom. The fourth-order valence-corrected chi connectivity index (χ4v) is 2.34. The van der Waals surface area contributed by atoms with E-state index in [9.17, 15) is 0 Å². The van der Waals surface area contributed by atoms with E-state index in [0.717, 1.165) is 40.9 Å². The minimum atomic E-state index is 0. The van der Waals surface area contributed by atoms with Crippen LogP contribution in [0.3, 0.4) is 0 Å². The van der Waals surface area contributed by atoms with Crippen molar-refractivity contribution in [2.75, 3.05) is 13.3 Å². The van der Waals surface area contributed by atoms with Crippen LogP contribution in [0.4, 0.5) is 0 Å². The second-order valence-corrected chi connectivity index (χ2v) is 5.15. The average molecular weight is 456 g/mol. The van der Waals surface area contributed by atoms with Crippen LogP contribution in [-0.2, 0) is 6.54 Å². The molecular formula is C13H19BrIN3O2. The molecule has 0 aromatic heterocycles. The van der Waals surface area contributed by atoms with Crippen LogP contribution in [0.25, 0.3) is 0 Å². The van der Waals surface area contributed by atoms with Gasteiger partial charge in [0.25, 0.3) is 0 Å². The van der Waals surface area contributed by atoms with Crippen molar-refractivity contribution in [3.8, 4) is 11.5 Å². The molecule has 20 heavy (non-hydrogen) atoms. The molecule has 0 radical (unpaired) electrons. The zero-order chi connectivity index (χ0) is 13.7. The summed E-state index contributed by atoms with van der Waals surface area (Å²) in [6.45, 7) is 3.78. The van der Waals surface area contributed by atoms with E-state index < -0.39 is 0 Å². The Balaban J connectivity index is 0.00000200. The number of fused-ring (bicyclic) bond motifs is 1. The molecule has 1 aliphatic heterocycles. The Morgan fingerprint density at radius 3 is 3.00 bits per heavy atom. The topological polar surface area (TPSA) is 68.9 Å². The third kappa shape index (κ3) is 4.69. The van der Waals surface area contributed by atoms with Crippen molar-refractivity contribution in [1.82, 2.24) is 5.32 Å². The van der Waals surface area contributed by atoms with Gasteiger partial charge < -0.3 is 20.5 Å². The van der Waals surface area contributed by atoms with Gasteiger partial charge in [-0.25, -0.2) is 4.99 Å². The van der Waals surface area contributed by atoms with Crippen LogP contribution in [0.1, 0.15) is 25.3 Å². The number of guanidine groups is 1. The smallest absolute Gasteiger partial charge is 0.231 e. The summed E-state index contributed by atoms with van der Waals surface area (Å²) in [5.74, 6) is 1.97. The molecule has 7 heteroatoms. The fraction of sp³-hybridized carbons (Fsp3) is 0.462. The molecule has 1 heterocycles. The quantitative estimate of drug-likeness (QED) is 0.310. The minimum absolute atomic E-state index is 0. The molecule has 0 saturated carbocycles. The first kappa shape index (κ1) is 17.4. The molecule has 0 atom stereocenters. The highest BCUT2D eigenvalue weighted by molar-refractivity contribution is 14.0. The van der Waals surface area contributed by atoms with Crippen LogP contribution in [-0.4, -0.2) is 19.3 Å². The van der Waals surface area contributed by atoms with Crippen LogP contribution >= 0.6 is 39.9 Å². The van der Waals surface area contributed by atoms with Crippen LogP contribution in [0.15, 0.2) is 21.6 Å². The van der Waals surface area contributed by atoms with Crippen molar-refractivity contribution >= 4 is 45.9 Å². The van der Waals surface area contributed by atoms with Gasteiger partial charge in [0.05, 0.1) is 11.0 Å². The number of nitrogens with two attached hydrogens (primary N) is 1. The second kappa shape index (κ2) is 8.56. The highest BCUT2D eigenvalue weighted by atomic mass is 127. The van der Waals surface area contributed by atoms with Crippen molar-refractivity contribution < 1.29 is 9.47 Å². The number of halogens is 2. The predicted molar refractivity (Wildman–Crippen MR) is 93.9 cm³/mol. The lowest BCUT2D eigenvalue weighted by atomic mass is 10.2. The summed E-state index contributed by atoms with van der Waals surface area (Å²) in [7, 11) is 0. The maximum absolute atomic E-state index is 5.78. The molecule has 0 aliphatic carbocycles. The molecule has 0 fully saturated rings. The molecular weight excluding hydrogens is 437 g/mol. The van der Waals surface area contributed by atoms with Crippen LogP contribution < -0.4 is 20.5 Å². The lowest BCUT2D eigenvalue weighted by Crippen LogP contribution is -2.32. The van der Waals surface area contributed by atoms with E-state index in [1.807, 2.05) is 12.1 Å². The van der Waals surface area contributed by atoms with E-state index in [1.54, 1.807) is 0 Å². The highest BCUT2D eigenvalue weighted by Crippen LogP contribution is 2.40. The van der Waals surface area contributed by atoms with Crippen molar-refractivity contribution in [3.05, 3.63) is 22.2 Å². The summed E-state index contributed by atoms with van der Waals surface area (Å²) in [5, 5.41) is 3.08. The van der Waals surface area contributed by atoms with Gasteiger partial charge in [-0.15, -0.1) is 24.0 Å². The molecule has 0 unspecified atom stereocenters. The lowest BCUT2D eigenvalue weighted by Gasteiger charge is -2.06. The second-order valence-electron chi connectivity index (χ2n) is 4.29. The molecule has 0 bridgehead atoms. The van der Waals surface area contributed by atoms with E-state index in [1.165, 1.54) is 0 Å². The van der Waals surface area contributed by atoms with Gasteiger partial charge >= 0.3 is 0 Å². The predicted octanol–water partition coefficient (Wildman–Crippen LogP) is 3.00. The van der Waals surface area contributed by atoms with Crippen molar-refractivity contribution in [3.63, 3.8) is 0 Å². The number of aliphatic imine (C=N–C) groups is 1. The maximum Gasteiger partial charge on any atom is 0.231 e. The Hall–Kier alpha value is -0.700. The summed E-state index contributed by atoms with van der Waals surface area (Å²) in [6.07, 6.45) is 2.22. The van der Waals surface area contributed by atoms with E-state index in [4.69, 9.17) is 15.2 Å². The summed E-state index contributed by atoms with van der Waals surface area (Å²) in [4.78, 5) is 4.30. The zero-order valence-electron chi connectivity index (χ0n) is 11.3. The Bertz CT molecular complexity index is 483. The van der Waals surface area contributed by atoms with Gasteiger partial charge in [0.1, 0.15) is 0 Å². The van der Waals surface area contributed by atoms with Gasteiger partial charge in [0.2, 0.25) is 6.79 Å². The Labute approximate surface area is 144 Å². The first-order valence-electron chi connectivity index (χ1n) is 6.32. The molecule has 1 aliphatic rings. The van der Waals surface area contributed by atoms with Crippen LogP contribution in [0, 0.1) is 0 Å². The van der Waals surface area contributed by atoms with E-state index in [-0.39, 0.29) is 30.8 Å². The molecule has 3 N–H and O–H groups in total. The lowest BCUT2D eigenvalue weighted by molar-refractivity contribution is 0.173. The van der Waals surface area contributed by atoms with Crippen molar-refractivity contribution in [2.24, 2.45) is 10.7 Å². The van der Waals surface area contributed by atoms with Crippen LogP contribution in [0.2, 0.25) is 0 Å². The van der Waals surface area contributed by atoms with Crippen LogP contribution in [0.5, 0.6) is 11.5 Å². The summed E-state index contributed by atoms with van der Waals surface area (Å²) < 4.78 is 11.6. The number of benzene rings is 1. The summed E-state index contributed by atoms with van der Waals surface area (Å²) in [6, 6.07) is 3.90. The third-order valence-corrected chi connectivity index (χ3v) is 3.34. The normalized spacial score (nSPS) is 13.0. The number of hydrogen-bond acceptors (Lipinski definition) is 3. The van der Waals surface area contributed by atoms with Gasteiger partial charge in [0, 0.05) is 6.54 Å². The van der Waals surface area contributed by atoms with Gasteiger partial charge in [-0.1, -0.05) is 13.3 Å². The standard InChI is InChI=1S/C13H18BrN3O2.HI/c1-2-3-4-16-13(15)17-7-9-5-10(14)12-11(6-9)18-8-19-12;/h5-6H,2-4,7-8H2,1H3,(H3,15,16,17);1H. The van der Waals surface area contributed by atoms with Gasteiger partial charge in [0.15, 0.2) is 17.5 Å². The van der Waals surface area contributed by atoms with E-state index in [2.05, 4.69) is 33.2 Å². The SMILES string of the molecule is CCCCNC(N)=NCc1cc(Br)c2c(c1)OCO2.I. The van der Waals surface area contributed by atoms with Crippen molar-refractivity contribution in [2.45, 2.75) is 26.3 Å². The number of hydrogen-bond donors (Lipinski definition) is 2. The molecule has 0 spiro atoms. The molecule has 0 amide bonds. The van der Waals surface area contributed by atoms with Gasteiger partial charge in [-0.3, -0.25) is 0 Å². The van der Waals surface area contributed by atoms with E-state index in [0.29, 0.717) is 12.5 Å². The van der Waals surface area contributed by atoms with Gasteiger partial charge in [-0.2, -0.15) is 0 Å². The van der Waals surface area contributed by atoms with Gasteiger partial charge in [-0.05, 0) is 40.0 Å². The molecule has 0 saturated heterocycles. The third-order valence-electron chi connectivity index (χ3n) is 2.76. The molecule has 5 nitrogen and oxygen atoms in total. The minimum Gasteiger partial charge on any atom is -0.454 e. The number of nitrogens with zero attached hydrogens (tertiary/aromatic N) is 1. The first-order chi connectivity index (χ1) is 9.20. The number of unbranched alkanes of at least 4 members (excludes halogenated alkanes) is 1. The first-order valence-corrected chi connectivity index (χ1v) is 7.12. The zero-order valence-corrected chi connectivity index (χ0v) is 15.2. The Kier molecular flexibility index (Phi) is 7.42. The maximum atomic E-state index is 5.78. The summed E-state index contributed by atoms with van der Waals surface area (Å²) in [5.41, 5.74) is 6.81. The molecule has 1 aromatic rings. The molecule has 1 aromatic carbocycles. The number of rotatable bonds is 5. The Morgan fingerprint density at radius 1 is 1.45 bits per heavy atom. The monoisotopic (exact) mass is 455 g/mol. The largest absolute Gasteiger partial charge is 0.454 e. The fourth-order valence-electron chi connectivity index (χ4n) is 1.74. The highest BCUT2D eigenvalue weighted by Gasteiger charge is 2.17. The average Bonchev–Trinajstić information content (AvgIpc) is 2.85. The molecule has 2 rings (SSSR count).